The molecular formula is C21H15NO5. The maximum absolute atomic E-state index is 12.9. The van der Waals surface area contributed by atoms with Crippen LogP contribution >= 0.6 is 0 Å². The number of carbonyl (C=O) groups excluding carboxylic acids is 3. The van der Waals surface area contributed by atoms with Gasteiger partial charge in [-0.05, 0) is 30.5 Å². The molecule has 0 aliphatic carbocycles. The van der Waals surface area contributed by atoms with Gasteiger partial charge in [0.05, 0.1) is 17.7 Å². The van der Waals surface area contributed by atoms with Crippen LogP contribution in [0.15, 0.2) is 60.7 Å². The van der Waals surface area contributed by atoms with Crippen LogP contribution in [0.5, 0.6) is 5.75 Å². The van der Waals surface area contributed by atoms with E-state index in [0.717, 1.165) is 5.39 Å². The second kappa shape index (κ2) is 6.57. The summed E-state index contributed by atoms with van der Waals surface area (Å²) in [6, 6.07) is 17.1. The van der Waals surface area contributed by atoms with Gasteiger partial charge in [0, 0.05) is 5.39 Å². The number of rotatable bonds is 4. The van der Waals surface area contributed by atoms with E-state index in [1.807, 2.05) is 18.2 Å². The second-order valence-electron chi connectivity index (χ2n) is 5.92. The predicted octanol–water partition coefficient (Wildman–Crippen LogP) is 3.61. The van der Waals surface area contributed by atoms with E-state index in [-0.39, 0.29) is 16.7 Å². The van der Waals surface area contributed by atoms with Crippen LogP contribution in [-0.2, 0) is 4.84 Å². The van der Waals surface area contributed by atoms with Gasteiger partial charge in [0.25, 0.3) is 11.8 Å². The van der Waals surface area contributed by atoms with E-state index in [1.54, 1.807) is 37.3 Å². The Morgan fingerprint density at radius 1 is 0.889 bits per heavy atom. The average Bonchev–Trinajstić information content (AvgIpc) is 2.93. The molecule has 0 saturated carbocycles. The fourth-order valence-corrected chi connectivity index (χ4v) is 3.12. The number of nitrogens with zero attached hydrogens (tertiary/aromatic N) is 1. The number of ether oxygens (including phenoxy) is 1. The van der Waals surface area contributed by atoms with Crippen molar-refractivity contribution in [2.24, 2.45) is 0 Å². The molecule has 0 fully saturated rings. The molecule has 2 amide bonds. The summed E-state index contributed by atoms with van der Waals surface area (Å²) in [5, 5.41) is 1.94. The Bertz CT molecular complexity index is 1050. The van der Waals surface area contributed by atoms with E-state index in [4.69, 9.17) is 9.57 Å². The van der Waals surface area contributed by atoms with Crippen molar-refractivity contribution >= 4 is 28.6 Å². The minimum Gasteiger partial charge on any atom is -0.493 e. The van der Waals surface area contributed by atoms with Crippen molar-refractivity contribution in [3.63, 3.8) is 0 Å². The van der Waals surface area contributed by atoms with Crippen molar-refractivity contribution in [3.05, 3.63) is 77.4 Å². The third kappa shape index (κ3) is 2.71. The third-order valence-corrected chi connectivity index (χ3v) is 4.33. The lowest BCUT2D eigenvalue weighted by atomic mass is 10.0. The zero-order chi connectivity index (χ0) is 19.0. The van der Waals surface area contributed by atoms with Crippen LogP contribution in [-0.4, -0.2) is 29.5 Å². The molecule has 0 bridgehead atoms. The Hall–Kier alpha value is -3.67. The van der Waals surface area contributed by atoms with Crippen LogP contribution < -0.4 is 4.74 Å². The molecule has 3 aromatic rings. The molecule has 1 aliphatic heterocycles. The van der Waals surface area contributed by atoms with Crippen molar-refractivity contribution in [3.8, 4) is 5.75 Å². The van der Waals surface area contributed by atoms with Crippen LogP contribution in [0.4, 0.5) is 0 Å². The highest BCUT2D eigenvalue weighted by Gasteiger charge is 2.39. The summed E-state index contributed by atoms with van der Waals surface area (Å²) in [4.78, 5) is 43.0. The fourth-order valence-electron chi connectivity index (χ4n) is 3.12. The quantitative estimate of drug-likeness (QED) is 0.664. The van der Waals surface area contributed by atoms with Gasteiger partial charge in [-0.15, -0.1) is 0 Å². The Labute approximate surface area is 154 Å². The van der Waals surface area contributed by atoms with Gasteiger partial charge in [-0.3, -0.25) is 9.59 Å². The Morgan fingerprint density at radius 2 is 1.52 bits per heavy atom. The molecule has 4 rings (SSSR count). The van der Waals surface area contributed by atoms with E-state index in [0.29, 0.717) is 22.8 Å². The van der Waals surface area contributed by atoms with Gasteiger partial charge < -0.3 is 9.57 Å². The van der Waals surface area contributed by atoms with E-state index >= 15 is 0 Å². The number of amides is 2. The predicted molar refractivity (Wildman–Crippen MR) is 97.5 cm³/mol. The van der Waals surface area contributed by atoms with E-state index < -0.39 is 17.8 Å². The number of hydrogen-bond donors (Lipinski definition) is 0. The summed E-state index contributed by atoms with van der Waals surface area (Å²) in [5.41, 5.74) is 0.586. The Morgan fingerprint density at radius 3 is 2.19 bits per heavy atom. The summed E-state index contributed by atoms with van der Waals surface area (Å²) in [7, 11) is 0. The molecule has 1 aliphatic rings. The molecule has 0 radical (unpaired) electrons. The summed E-state index contributed by atoms with van der Waals surface area (Å²) in [6.45, 7) is 2.15. The highest BCUT2D eigenvalue weighted by atomic mass is 16.7. The molecule has 0 saturated heterocycles. The largest absolute Gasteiger partial charge is 0.493 e. The fraction of sp³-hybridized carbons (Fsp3) is 0.0952. The second-order valence-corrected chi connectivity index (χ2v) is 5.92. The van der Waals surface area contributed by atoms with Gasteiger partial charge in [-0.1, -0.05) is 47.5 Å². The van der Waals surface area contributed by atoms with E-state index in [1.165, 1.54) is 12.1 Å². The average molecular weight is 361 g/mol. The molecule has 0 N–H and O–H groups in total. The van der Waals surface area contributed by atoms with Crippen LogP contribution in [0.1, 0.15) is 38.0 Å². The van der Waals surface area contributed by atoms with Crippen molar-refractivity contribution in [1.82, 2.24) is 5.06 Å². The molecule has 0 atom stereocenters. The molecule has 0 spiro atoms. The van der Waals surface area contributed by atoms with Crippen LogP contribution in [0, 0.1) is 0 Å². The maximum Gasteiger partial charge on any atom is 0.368 e. The topological polar surface area (TPSA) is 72.9 Å². The van der Waals surface area contributed by atoms with Gasteiger partial charge in [0.15, 0.2) is 0 Å². The first-order chi connectivity index (χ1) is 13.1. The molecule has 0 aromatic heterocycles. The number of hydroxylamine groups is 2. The van der Waals surface area contributed by atoms with Crippen molar-refractivity contribution in [2.45, 2.75) is 6.92 Å². The van der Waals surface area contributed by atoms with Gasteiger partial charge >= 0.3 is 5.97 Å². The van der Waals surface area contributed by atoms with Gasteiger partial charge in [0.2, 0.25) is 0 Å². The number of carbonyl (C=O) groups is 3. The van der Waals surface area contributed by atoms with Gasteiger partial charge in [-0.25, -0.2) is 4.79 Å². The smallest absolute Gasteiger partial charge is 0.368 e. The van der Waals surface area contributed by atoms with Crippen molar-refractivity contribution in [1.29, 1.82) is 0 Å². The number of benzene rings is 3. The normalized spacial score (nSPS) is 13.0. The lowest BCUT2D eigenvalue weighted by Crippen LogP contribution is -2.32. The lowest BCUT2D eigenvalue weighted by Gasteiger charge is -2.16. The molecule has 134 valence electrons. The number of imide groups is 1. The Kier molecular flexibility index (Phi) is 4.08. The first kappa shape index (κ1) is 16.8. The highest BCUT2D eigenvalue weighted by Crippen LogP contribution is 2.30. The molecular weight excluding hydrogens is 346 g/mol. The van der Waals surface area contributed by atoms with E-state index in [9.17, 15) is 14.4 Å². The first-order valence-electron chi connectivity index (χ1n) is 8.46. The molecule has 0 unspecified atom stereocenters. The molecule has 27 heavy (non-hydrogen) atoms. The summed E-state index contributed by atoms with van der Waals surface area (Å²) in [6.07, 6.45) is 0. The maximum atomic E-state index is 12.9. The van der Waals surface area contributed by atoms with Crippen LogP contribution in [0.2, 0.25) is 0 Å². The Balaban J connectivity index is 1.73. The highest BCUT2D eigenvalue weighted by molar-refractivity contribution is 6.21. The minimum atomic E-state index is -0.829. The molecule has 3 aromatic carbocycles. The summed E-state index contributed by atoms with van der Waals surface area (Å²) >= 11 is 0. The standard InChI is InChI=1S/C21H15NO5/c1-2-26-17-12-11-13-7-3-4-8-14(13)18(17)21(25)27-22-19(23)15-9-5-6-10-16(15)20(22)24/h3-12H,2H2,1H3. The zero-order valence-electron chi connectivity index (χ0n) is 14.5. The zero-order valence-corrected chi connectivity index (χ0v) is 14.5. The van der Waals surface area contributed by atoms with Crippen LogP contribution in [0.3, 0.4) is 0 Å². The third-order valence-electron chi connectivity index (χ3n) is 4.33. The number of hydrogen-bond acceptors (Lipinski definition) is 5. The molecule has 1 heterocycles. The number of fused-ring (bicyclic) bond motifs is 2. The molecule has 6 heteroatoms. The monoisotopic (exact) mass is 361 g/mol. The van der Waals surface area contributed by atoms with E-state index in [2.05, 4.69) is 0 Å². The van der Waals surface area contributed by atoms with Crippen molar-refractivity contribution < 1.29 is 24.0 Å². The van der Waals surface area contributed by atoms with Gasteiger partial charge in [-0.2, -0.15) is 0 Å². The summed E-state index contributed by atoms with van der Waals surface area (Å²) in [5.74, 6) is -1.83. The van der Waals surface area contributed by atoms with Crippen molar-refractivity contribution in [2.75, 3.05) is 6.61 Å². The summed E-state index contributed by atoms with van der Waals surface area (Å²) < 4.78 is 5.56. The first-order valence-corrected chi connectivity index (χ1v) is 8.46. The minimum absolute atomic E-state index is 0.173. The molecule has 6 nitrogen and oxygen atoms in total. The SMILES string of the molecule is CCOc1ccc2ccccc2c1C(=O)ON1C(=O)c2ccccc2C1=O. The van der Waals surface area contributed by atoms with Crippen LogP contribution in [0.25, 0.3) is 10.8 Å². The van der Waals surface area contributed by atoms with Gasteiger partial charge in [0.1, 0.15) is 11.3 Å². The lowest BCUT2D eigenvalue weighted by molar-refractivity contribution is -0.0585.